The minimum atomic E-state index is -0.234. The van der Waals surface area contributed by atoms with Gasteiger partial charge >= 0.3 is 5.97 Å². The largest absolute Gasteiger partial charge is 0.468 e. The summed E-state index contributed by atoms with van der Waals surface area (Å²) in [4.78, 5) is 12.2. The Morgan fingerprint density at radius 3 is 2.83 bits per heavy atom. The first-order valence-corrected chi connectivity index (χ1v) is 7.10. The summed E-state index contributed by atoms with van der Waals surface area (Å²) in [5, 5.41) is 4.03. The van der Waals surface area contributed by atoms with E-state index in [2.05, 4.69) is 23.9 Å². The molecule has 0 aliphatic heterocycles. The second-order valence-electron chi connectivity index (χ2n) is 4.15. The van der Waals surface area contributed by atoms with E-state index in [1.54, 1.807) is 0 Å². The van der Waals surface area contributed by atoms with Crippen LogP contribution in [-0.4, -0.2) is 24.9 Å². The summed E-state index contributed by atoms with van der Waals surface area (Å²) in [6.45, 7) is 4.95. The molecule has 0 bridgehead atoms. The minimum absolute atomic E-state index is 0.234. The van der Waals surface area contributed by atoms with Crippen molar-refractivity contribution in [3.05, 3.63) is 28.8 Å². The molecule has 1 aromatic rings. The van der Waals surface area contributed by atoms with Gasteiger partial charge in [-0.25, -0.2) is 0 Å². The van der Waals surface area contributed by atoms with E-state index in [0.29, 0.717) is 16.8 Å². The number of thioether (sulfide) groups is 1. The highest BCUT2D eigenvalue weighted by molar-refractivity contribution is 8.00. The number of hydrogen-bond donors (Lipinski definition) is 1. The van der Waals surface area contributed by atoms with Crippen molar-refractivity contribution in [1.29, 1.82) is 0 Å². The number of methoxy groups -OCH3 is 1. The lowest BCUT2D eigenvalue weighted by atomic mass is 10.2. The van der Waals surface area contributed by atoms with Crippen LogP contribution in [0, 0.1) is 0 Å². The summed E-state index contributed by atoms with van der Waals surface area (Å²) in [6, 6.07) is 6.14. The molecule has 0 heterocycles. The molecule has 0 aliphatic rings. The van der Waals surface area contributed by atoms with Gasteiger partial charge < -0.3 is 10.1 Å². The molecule has 0 atom stereocenters. The Morgan fingerprint density at radius 2 is 2.22 bits per heavy atom. The number of esters is 1. The second kappa shape index (κ2) is 7.67. The summed E-state index contributed by atoms with van der Waals surface area (Å²) in [5.74, 6) is 0.0636. The van der Waals surface area contributed by atoms with Gasteiger partial charge in [0.2, 0.25) is 0 Å². The number of rotatable bonds is 6. The Balaban J connectivity index is 2.73. The molecule has 18 heavy (non-hydrogen) atoms. The van der Waals surface area contributed by atoms with Crippen molar-refractivity contribution in [3.63, 3.8) is 0 Å². The second-order valence-corrected chi connectivity index (χ2v) is 5.61. The van der Waals surface area contributed by atoms with E-state index in [1.165, 1.54) is 18.9 Å². The molecule has 1 rings (SSSR count). The number of halogens is 1. The topological polar surface area (TPSA) is 38.3 Å². The Kier molecular flexibility index (Phi) is 6.54. The van der Waals surface area contributed by atoms with Gasteiger partial charge in [-0.3, -0.25) is 4.79 Å². The van der Waals surface area contributed by atoms with Crippen LogP contribution in [0.2, 0.25) is 5.02 Å². The molecule has 0 fully saturated rings. The highest BCUT2D eigenvalue weighted by atomic mass is 35.5. The van der Waals surface area contributed by atoms with E-state index in [9.17, 15) is 4.79 Å². The van der Waals surface area contributed by atoms with Gasteiger partial charge in [0.25, 0.3) is 0 Å². The number of nitrogens with one attached hydrogen (secondary N) is 1. The monoisotopic (exact) mass is 287 g/mol. The molecular weight excluding hydrogens is 270 g/mol. The van der Waals surface area contributed by atoms with E-state index in [-0.39, 0.29) is 5.97 Å². The van der Waals surface area contributed by atoms with E-state index in [4.69, 9.17) is 11.6 Å². The van der Waals surface area contributed by atoms with E-state index < -0.39 is 0 Å². The zero-order valence-electron chi connectivity index (χ0n) is 10.8. The van der Waals surface area contributed by atoms with Crippen LogP contribution in [0.15, 0.2) is 23.1 Å². The number of ether oxygens (including phenoxy) is 1. The normalized spacial score (nSPS) is 10.7. The third kappa shape index (κ3) is 5.29. The highest BCUT2D eigenvalue weighted by Crippen LogP contribution is 2.26. The Morgan fingerprint density at radius 1 is 1.50 bits per heavy atom. The number of carbonyl (C=O) groups is 1. The van der Waals surface area contributed by atoms with Crippen molar-refractivity contribution in [2.75, 3.05) is 12.9 Å². The number of hydrogen-bond acceptors (Lipinski definition) is 4. The molecule has 0 unspecified atom stereocenters. The molecule has 3 nitrogen and oxygen atoms in total. The van der Waals surface area contributed by atoms with E-state index >= 15 is 0 Å². The van der Waals surface area contributed by atoms with Crippen LogP contribution in [-0.2, 0) is 16.1 Å². The molecule has 0 aliphatic carbocycles. The zero-order chi connectivity index (χ0) is 13.5. The number of carbonyl (C=O) groups excluding carboxylic acids is 1. The van der Waals surface area contributed by atoms with Crippen molar-refractivity contribution in [2.45, 2.75) is 31.3 Å². The average Bonchev–Trinajstić information content (AvgIpc) is 2.34. The van der Waals surface area contributed by atoms with Gasteiger partial charge in [0.1, 0.15) is 0 Å². The minimum Gasteiger partial charge on any atom is -0.468 e. The summed E-state index contributed by atoms with van der Waals surface area (Å²) in [5.41, 5.74) is 1.14. The lowest BCUT2D eigenvalue weighted by Crippen LogP contribution is -2.22. The smallest absolute Gasteiger partial charge is 0.315 e. The molecule has 5 heteroatoms. The van der Waals surface area contributed by atoms with Gasteiger partial charge in [0, 0.05) is 22.5 Å². The fraction of sp³-hybridized carbons (Fsp3) is 0.462. The third-order valence-corrected chi connectivity index (χ3v) is 3.61. The summed E-state index contributed by atoms with van der Waals surface area (Å²) < 4.78 is 4.63. The van der Waals surface area contributed by atoms with Crippen LogP contribution in [0.25, 0.3) is 0 Å². The quantitative estimate of drug-likeness (QED) is 0.644. The fourth-order valence-electron chi connectivity index (χ4n) is 1.32. The molecule has 0 spiro atoms. The molecule has 0 saturated heterocycles. The maximum absolute atomic E-state index is 11.2. The third-order valence-electron chi connectivity index (χ3n) is 2.30. The first kappa shape index (κ1) is 15.3. The molecule has 0 radical (unpaired) electrons. The maximum Gasteiger partial charge on any atom is 0.315 e. The molecule has 0 amide bonds. The predicted molar refractivity (Wildman–Crippen MR) is 76.2 cm³/mol. The van der Waals surface area contributed by atoms with Crippen LogP contribution < -0.4 is 5.32 Å². The predicted octanol–water partition coefficient (Wildman–Crippen LogP) is 3.10. The first-order valence-electron chi connectivity index (χ1n) is 5.74. The molecule has 1 aromatic carbocycles. The van der Waals surface area contributed by atoms with Gasteiger partial charge in [-0.2, -0.15) is 0 Å². The summed E-state index contributed by atoms with van der Waals surface area (Å²) in [7, 11) is 1.39. The molecular formula is C13H18ClNO2S. The lowest BCUT2D eigenvalue weighted by molar-refractivity contribution is -0.137. The maximum atomic E-state index is 11.2. The van der Waals surface area contributed by atoms with Gasteiger partial charge in [-0.05, 0) is 17.7 Å². The Bertz CT molecular complexity index is 410. The zero-order valence-corrected chi connectivity index (χ0v) is 12.4. The van der Waals surface area contributed by atoms with Crippen molar-refractivity contribution in [1.82, 2.24) is 5.32 Å². The van der Waals surface area contributed by atoms with Crippen LogP contribution in [0.4, 0.5) is 0 Å². The van der Waals surface area contributed by atoms with Crippen molar-refractivity contribution >= 4 is 29.3 Å². The van der Waals surface area contributed by atoms with E-state index in [1.807, 2.05) is 18.2 Å². The number of benzene rings is 1. The summed E-state index contributed by atoms with van der Waals surface area (Å²) in [6.07, 6.45) is 0. The van der Waals surface area contributed by atoms with Crippen molar-refractivity contribution in [2.24, 2.45) is 0 Å². The van der Waals surface area contributed by atoms with Crippen molar-refractivity contribution < 1.29 is 9.53 Å². The van der Waals surface area contributed by atoms with Crippen molar-refractivity contribution in [3.8, 4) is 0 Å². The van der Waals surface area contributed by atoms with Crippen LogP contribution >= 0.6 is 23.4 Å². The molecule has 100 valence electrons. The van der Waals surface area contributed by atoms with Crippen LogP contribution in [0.1, 0.15) is 19.4 Å². The van der Waals surface area contributed by atoms with Gasteiger partial charge in [-0.15, -0.1) is 11.8 Å². The first-order chi connectivity index (χ1) is 8.52. The van der Waals surface area contributed by atoms with Crippen LogP contribution in [0.3, 0.4) is 0 Å². The molecule has 0 aromatic heterocycles. The fourth-order valence-corrected chi connectivity index (χ4v) is 2.48. The molecule has 1 N–H and O–H groups in total. The standard InChI is InChI=1S/C13H18ClNO2S/c1-9(2)15-7-10-4-5-11(14)6-12(10)18-8-13(16)17-3/h4-6,9,15H,7-8H2,1-3H3. The van der Waals surface area contributed by atoms with Gasteiger partial charge in [0.05, 0.1) is 12.9 Å². The van der Waals surface area contributed by atoms with Gasteiger partial charge in [0.15, 0.2) is 0 Å². The summed E-state index contributed by atoms with van der Waals surface area (Å²) >= 11 is 7.43. The average molecular weight is 288 g/mol. The van der Waals surface area contributed by atoms with Gasteiger partial charge in [-0.1, -0.05) is 31.5 Å². The lowest BCUT2D eigenvalue weighted by Gasteiger charge is -2.12. The SMILES string of the molecule is COC(=O)CSc1cc(Cl)ccc1CNC(C)C. The Labute approximate surface area is 117 Å². The Hall–Kier alpha value is -0.710. The molecule has 0 saturated carbocycles. The highest BCUT2D eigenvalue weighted by Gasteiger charge is 2.08. The van der Waals surface area contributed by atoms with E-state index in [0.717, 1.165) is 17.0 Å². The van der Waals surface area contributed by atoms with Crippen LogP contribution in [0.5, 0.6) is 0 Å².